The molecular weight excluding hydrogens is 920 g/mol. The van der Waals surface area contributed by atoms with Crippen LogP contribution in [-0.4, -0.2) is 4.01 Å². The summed E-state index contributed by atoms with van der Waals surface area (Å²) >= 11 is -0.0221. The minimum absolute atomic E-state index is 0.0221. The number of hydrogen-bond donors (Lipinski definition) is 0. The smallest absolute Gasteiger partial charge is 0.0713 e. The maximum absolute atomic E-state index is 2.54. The molecule has 324 valence electrons. The first-order valence-electron chi connectivity index (χ1n) is 23.9. The van der Waals surface area contributed by atoms with E-state index < -0.39 is 10.8 Å². The SMILES string of the molecule is Cc1ccc(C2(c3ccc(C)cc3)c3ccccc3-c3c(Cc4ccc(C5(c6ccc(C)cc6)c6ccccc6-c6c(C7=CC=IC=C7)cccc65)cc4)cc(C4=CCC(C)C=C4)cc32)cc1. The Morgan fingerprint density at radius 2 is 1.01 bits per heavy atom. The van der Waals surface area contributed by atoms with Crippen LogP contribution >= 0.6 is 20.7 Å². The second-order valence-electron chi connectivity index (χ2n) is 19.2. The summed E-state index contributed by atoms with van der Waals surface area (Å²) in [7, 11) is 0. The Hall–Kier alpha value is -6.68. The Bertz CT molecular complexity index is 3360. The van der Waals surface area contributed by atoms with Crippen LogP contribution < -0.4 is 0 Å². The molecule has 0 spiro atoms. The van der Waals surface area contributed by atoms with Crippen LogP contribution in [0.4, 0.5) is 0 Å². The summed E-state index contributed by atoms with van der Waals surface area (Å²) in [6, 6.07) is 68.2. The molecule has 0 saturated carbocycles. The number of fused-ring (bicyclic) bond motifs is 6. The van der Waals surface area contributed by atoms with Gasteiger partial charge in [-0.05, 0) is 166 Å². The van der Waals surface area contributed by atoms with Gasteiger partial charge in [-0.15, -0.1) is 0 Å². The highest BCUT2D eigenvalue weighted by molar-refractivity contribution is 14.2. The van der Waals surface area contributed by atoms with E-state index in [9.17, 15) is 0 Å². The topological polar surface area (TPSA) is 0 Å². The van der Waals surface area contributed by atoms with E-state index in [1.54, 1.807) is 0 Å². The molecule has 0 fully saturated rings. The van der Waals surface area contributed by atoms with Crippen molar-refractivity contribution in [1.29, 1.82) is 0 Å². The van der Waals surface area contributed by atoms with Crippen LogP contribution in [-0.2, 0) is 17.3 Å². The predicted molar refractivity (Wildman–Crippen MR) is 293 cm³/mol. The molecule has 0 nitrogen and oxygen atoms in total. The van der Waals surface area contributed by atoms with Crippen LogP contribution in [0.1, 0.15) is 96.8 Å². The maximum Gasteiger partial charge on any atom is 0.0713 e. The van der Waals surface area contributed by atoms with E-state index in [4.69, 9.17) is 0 Å². The van der Waals surface area contributed by atoms with E-state index in [0.717, 1.165) is 12.8 Å². The molecule has 4 aliphatic rings. The van der Waals surface area contributed by atoms with E-state index in [-0.39, 0.29) is 20.7 Å². The Morgan fingerprint density at radius 1 is 0.493 bits per heavy atom. The highest BCUT2D eigenvalue weighted by Gasteiger charge is 2.48. The highest BCUT2D eigenvalue weighted by atomic mass is 127. The lowest BCUT2D eigenvalue weighted by molar-refractivity contribution is 0.739. The third-order valence-corrected chi connectivity index (χ3v) is 16.7. The van der Waals surface area contributed by atoms with Gasteiger partial charge in [0.15, 0.2) is 0 Å². The first kappa shape index (κ1) is 41.7. The zero-order valence-electron chi connectivity index (χ0n) is 38.7. The van der Waals surface area contributed by atoms with Crippen molar-refractivity contribution in [2.24, 2.45) is 5.92 Å². The molecule has 0 saturated heterocycles. The fourth-order valence-corrected chi connectivity index (χ4v) is 13.3. The molecule has 0 aromatic heterocycles. The van der Waals surface area contributed by atoms with Gasteiger partial charge in [0.2, 0.25) is 0 Å². The van der Waals surface area contributed by atoms with Gasteiger partial charge in [0, 0.05) is 0 Å². The number of aryl methyl sites for hydroxylation is 3. The molecule has 1 heteroatoms. The van der Waals surface area contributed by atoms with Gasteiger partial charge in [-0.3, -0.25) is 0 Å². The van der Waals surface area contributed by atoms with Crippen molar-refractivity contribution >= 4 is 35.9 Å². The maximum atomic E-state index is 2.54. The Kier molecular flexibility index (Phi) is 10.3. The summed E-state index contributed by atoms with van der Waals surface area (Å²) in [6.07, 6.45) is 13.8. The van der Waals surface area contributed by atoms with Crippen molar-refractivity contribution in [3.63, 3.8) is 0 Å². The minimum Gasteiger partial charge on any atom is -0.0937 e. The van der Waals surface area contributed by atoms with Crippen LogP contribution in [0.15, 0.2) is 210 Å². The number of hydrogen-bond acceptors (Lipinski definition) is 0. The molecule has 0 radical (unpaired) electrons. The van der Waals surface area contributed by atoms with Gasteiger partial charge in [0.05, 0.1) is 10.8 Å². The van der Waals surface area contributed by atoms with Crippen LogP contribution in [0.2, 0.25) is 0 Å². The standard InChI is InChI=1S/C66H53I/c1-43-16-26-48(27-17-43)50-41-51(63-57-10-5-7-13-59(57)66(62(63)42-50,53-30-20-45(3)21-31-53)54-32-22-46(4)23-33-54)40-47-24-34-55(35-25-47)65(52-28-18-44(2)19-29-52)60-14-8-6-11-58(60)64-56(12-9-15-61(64)65)49-36-38-67-39-37-49/h5-16,18-39,41-43H,17,40H2,1-4H3. The van der Waals surface area contributed by atoms with Crippen molar-refractivity contribution in [1.82, 2.24) is 0 Å². The lowest BCUT2D eigenvalue weighted by Gasteiger charge is -2.34. The van der Waals surface area contributed by atoms with Gasteiger partial charge in [-0.1, -0.05) is 232 Å². The van der Waals surface area contributed by atoms with Crippen molar-refractivity contribution in [3.05, 3.63) is 294 Å². The van der Waals surface area contributed by atoms with E-state index in [2.05, 4.69) is 242 Å². The van der Waals surface area contributed by atoms with Crippen LogP contribution in [0.5, 0.6) is 0 Å². The average molecular weight is 973 g/mol. The van der Waals surface area contributed by atoms with Crippen molar-refractivity contribution in [2.45, 2.75) is 51.4 Å². The highest BCUT2D eigenvalue weighted by Crippen LogP contribution is 2.60. The minimum atomic E-state index is -0.486. The molecule has 1 heterocycles. The number of rotatable bonds is 8. The number of halogens is 1. The fourth-order valence-electron chi connectivity index (χ4n) is 11.9. The Morgan fingerprint density at radius 3 is 1.57 bits per heavy atom. The molecule has 3 aliphatic carbocycles. The van der Waals surface area contributed by atoms with Crippen LogP contribution in [0.3, 0.4) is 0 Å². The zero-order valence-corrected chi connectivity index (χ0v) is 40.8. The van der Waals surface area contributed by atoms with Gasteiger partial charge in [-0.25, -0.2) is 0 Å². The second-order valence-corrected chi connectivity index (χ2v) is 21.4. The largest absolute Gasteiger partial charge is 0.0937 e. The van der Waals surface area contributed by atoms with Crippen LogP contribution in [0, 0.1) is 26.7 Å². The third kappa shape index (κ3) is 6.64. The Balaban J connectivity index is 1.06. The molecule has 0 amide bonds. The molecule has 12 rings (SSSR count). The van der Waals surface area contributed by atoms with Crippen molar-refractivity contribution in [3.8, 4) is 22.3 Å². The molecule has 8 aromatic carbocycles. The molecule has 2 atom stereocenters. The summed E-state index contributed by atoms with van der Waals surface area (Å²) < 4.78 is 4.77. The normalized spacial score (nSPS) is 18.3. The predicted octanol–water partition coefficient (Wildman–Crippen LogP) is 16.6. The summed E-state index contributed by atoms with van der Waals surface area (Å²) in [6.45, 7) is 8.90. The lowest BCUT2D eigenvalue weighted by atomic mass is 9.67. The summed E-state index contributed by atoms with van der Waals surface area (Å²) in [5, 5.41) is 0. The van der Waals surface area contributed by atoms with Gasteiger partial charge >= 0.3 is 0 Å². The van der Waals surface area contributed by atoms with Crippen molar-refractivity contribution < 1.29 is 0 Å². The molecular formula is C66H53I. The Labute approximate surface area is 406 Å². The van der Waals surface area contributed by atoms with Gasteiger partial charge < -0.3 is 0 Å². The van der Waals surface area contributed by atoms with Gasteiger partial charge in [-0.2, -0.15) is 0 Å². The van der Waals surface area contributed by atoms with E-state index >= 15 is 0 Å². The van der Waals surface area contributed by atoms with E-state index in [1.165, 1.54) is 117 Å². The fraction of sp³-hybridized carbons (Fsp3) is 0.136. The molecule has 8 aromatic rings. The summed E-state index contributed by atoms with van der Waals surface area (Å²) in [4.78, 5) is 0. The molecule has 1 aliphatic heterocycles. The zero-order chi connectivity index (χ0) is 45.3. The van der Waals surface area contributed by atoms with Gasteiger partial charge in [0.25, 0.3) is 0 Å². The molecule has 0 N–H and O–H groups in total. The third-order valence-electron chi connectivity index (χ3n) is 15.1. The first-order chi connectivity index (χ1) is 32.8. The second kappa shape index (κ2) is 16.6. The molecule has 2 unspecified atom stereocenters. The molecule has 67 heavy (non-hydrogen) atoms. The van der Waals surface area contributed by atoms with E-state index in [1.807, 2.05) is 0 Å². The lowest BCUT2D eigenvalue weighted by Crippen LogP contribution is -2.29. The average Bonchev–Trinajstić information content (AvgIpc) is 3.84. The number of allylic oxidation sites excluding steroid dienone is 7. The summed E-state index contributed by atoms with van der Waals surface area (Å²) in [5.74, 6) is 0.536. The van der Waals surface area contributed by atoms with Gasteiger partial charge in [0.1, 0.15) is 0 Å². The van der Waals surface area contributed by atoms with Crippen LogP contribution in [0.25, 0.3) is 33.4 Å². The monoisotopic (exact) mass is 972 g/mol. The van der Waals surface area contributed by atoms with Crippen molar-refractivity contribution in [2.75, 3.05) is 0 Å². The number of benzene rings is 8. The summed E-state index contributed by atoms with van der Waals surface area (Å²) in [5.41, 5.74) is 26.7. The van der Waals surface area contributed by atoms with E-state index in [0.29, 0.717) is 5.92 Å². The first-order valence-corrected chi connectivity index (χ1v) is 26.4. The molecule has 0 bridgehead atoms. The quantitative estimate of drug-likeness (QED) is 0.133.